The molecule has 1 atom stereocenters. The molecule has 0 fully saturated rings. The monoisotopic (exact) mass is 301 g/mol. The predicted octanol–water partition coefficient (Wildman–Crippen LogP) is 3.02. The second-order valence-electron chi connectivity index (χ2n) is 4.89. The summed E-state index contributed by atoms with van der Waals surface area (Å²) in [5.74, 6) is 0.830. The summed E-state index contributed by atoms with van der Waals surface area (Å²) in [5, 5.41) is 3.97. The first-order valence-electron chi connectivity index (χ1n) is 6.84. The fourth-order valence-electron chi connectivity index (χ4n) is 2.23. The molecule has 0 bridgehead atoms. The molecule has 3 rings (SSSR count). The molecule has 0 radical (unpaired) electrons. The van der Waals surface area contributed by atoms with E-state index in [1.807, 2.05) is 19.1 Å². The van der Waals surface area contributed by atoms with E-state index >= 15 is 0 Å². The maximum absolute atomic E-state index is 11.8. The highest BCUT2D eigenvalue weighted by molar-refractivity contribution is 6.04. The number of carbonyl (C=O) groups excluding carboxylic acids is 1. The van der Waals surface area contributed by atoms with Gasteiger partial charge in [0, 0.05) is 18.1 Å². The Bertz CT molecular complexity index is 705. The zero-order valence-electron chi connectivity index (χ0n) is 12.2. The van der Waals surface area contributed by atoms with E-state index in [4.69, 9.17) is 18.7 Å². The lowest BCUT2D eigenvalue weighted by atomic mass is 10.0. The van der Waals surface area contributed by atoms with Crippen molar-refractivity contribution in [3.05, 3.63) is 47.9 Å². The lowest BCUT2D eigenvalue weighted by molar-refractivity contribution is 0.0476. The van der Waals surface area contributed by atoms with Crippen LogP contribution in [0.2, 0.25) is 0 Å². The molecule has 6 heteroatoms. The van der Waals surface area contributed by atoms with Gasteiger partial charge < -0.3 is 18.7 Å². The van der Waals surface area contributed by atoms with E-state index in [2.05, 4.69) is 5.16 Å². The molecule has 2 heterocycles. The van der Waals surface area contributed by atoms with Crippen LogP contribution in [0.25, 0.3) is 0 Å². The zero-order chi connectivity index (χ0) is 15.5. The third-order valence-electron chi connectivity index (χ3n) is 3.27. The predicted molar refractivity (Wildman–Crippen MR) is 78.4 cm³/mol. The lowest BCUT2D eigenvalue weighted by Gasteiger charge is -2.24. The van der Waals surface area contributed by atoms with Crippen LogP contribution in [0.1, 0.15) is 29.5 Å². The van der Waals surface area contributed by atoms with E-state index in [9.17, 15) is 4.79 Å². The molecular weight excluding hydrogens is 286 g/mol. The van der Waals surface area contributed by atoms with Gasteiger partial charge in [0.25, 0.3) is 0 Å². The average molecular weight is 301 g/mol. The maximum Gasteiger partial charge on any atom is 0.400 e. The van der Waals surface area contributed by atoms with Crippen molar-refractivity contribution in [2.75, 3.05) is 7.11 Å². The van der Waals surface area contributed by atoms with Crippen LogP contribution >= 0.6 is 0 Å². The Balaban J connectivity index is 1.85. The van der Waals surface area contributed by atoms with Gasteiger partial charge in [0.1, 0.15) is 17.6 Å². The molecule has 22 heavy (non-hydrogen) atoms. The molecule has 0 amide bonds. The van der Waals surface area contributed by atoms with Crippen molar-refractivity contribution in [1.82, 2.24) is 0 Å². The Morgan fingerprint density at radius 1 is 1.36 bits per heavy atom. The first-order chi connectivity index (χ1) is 10.7. The molecule has 0 spiro atoms. The van der Waals surface area contributed by atoms with Gasteiger partial charge in [-0.1, -0.05) is 5.16 Å². The highest BCUT2D eigenvalue weighted by atomic mass is 16.7. The van der Waals surface area contributed by atoms with Crippen molar-refractivity contribution in [3.8, 4) is 11.5 Å². The number of hydrogen-bond acceptors (Lipinski definition) is 6. The van der Waals surface area contributed by atoms with Crippen molar-refractivity contribution < 1.29 is 23.5 Å². The smallest absolute Gasteiger partial charge is 0.400 e. The van der Waals surface area contributed by atoms with Crippen LogP contribution in [-0.4, -0.2) is 24.9 Å². The standard InChI is InChI=1S/C16H15NO5/c1-10-8-13(17-22-16(18)14-4-3-7-20-14)12-6-5-11(19-2)9-15(12)21-10/h3-7,9-10H,8H2,1-2H3/b17-13-. The van der Waals surface area contributed by atoms with E-state index in [1.165, 1.54) is 12.3 Å². The molecule has 1 aromatic heterocycles. The summed E-state index contributed by atoms with van der Waals surface area (Å²) in [4.78, 5) is 16.7. The van der Waals surface area contributed by atoms with Gasteiger partial charge in [-0.3, -0.25) is 0 Å². The number of rotatable bonds is 3. The molecule has 1 aliphatic rings. The van der Waals surface area contributed by atoms with E-state index in [-0.39, 0.29) is 11.9 Å². The van der Waals surface area contributed by atoms with Crippen LogP contribution in [0.3, 0.4) is 0 Å². The number of ether oxygens (including phenoxy) is 2. The van der Waals surface area contributed by atoms with Gasteiger partial charge >= 0.3 is 5.97 Å². The molecule has 1 unspecified atom stereocenters. The first kappa shape index (κ1) is 14.2. The fourth-order valence-corrected chi connectivity index (χ4v) is 2.23. The minimum absolute atomic E-state index is 0.0688. The third kappa shape index (κ3) is 2.81. The molecule has 6 nitrogen and oxygen atoms in total. The number of methoxy groups -OCH3 is 1. The summed E-state index contributed by atoms with van der Waals surface area (Å²) in [5.41, 5.74) is 1.43. The van der Waals surface area contributed by atoms with Gasteiger partial charge in [0.15, 0.2) is 0 Å². The first-order valence-corrected chi connectivity index (χ1v) is 6.84. The fraction of sp³-hybridized carbons (Fsp3) is 0.250. The number of hydrogen-bond donors (Lipinski definition) is 0. The average Bonchev–Trinajstić information content (AvgIpc) is 3.05. The van der Waals surface area contributed by atoms with Crippen molar-refractivity contribution in [1.29, 1.82) is 0 Å². The second-order valence-corrected chi connectivity index (χ2v) is 4.89. The van der Waals surface area contributed by atoms with Gasteiger partial charge in [-0.05, 0) is 31.2 Å². The van der Waals surface area contributed by atoms with Gasteiger partial charge in [-0.25, -0.2) is 4.79 Å². The molecule has 2 aromatic rings. The molecule has 1 aliphatic heterocycles. The number of nitrogens with zero attached hydrogens (tertiary/aromatic N) is 1. The molecular formula is C16H15NO5. The zero-order valence-corrected chi connectivity index (χ0v) is 12.2. The molecule has 0 N–H and O–H groups in total. The summed E-state index contributed by atoms with van der Waals surface area (Å²) >= 11 is 0. The van der Waals surface area contributed by atoms with Gasteiger partial charge in [-0.15, -0.1) is 0 Å². The van der Waals surface area contributed by atoms with Crippen molar-refractivity contribution in [3.63, 3.8) is 0 Å². The largest absolute Gasteiger partial charge is 0.497 e. The topological polar surface area (TPSA) is 70.3 Å². The second kappa shape index (κ2) is 5.93. The number of furan rings is 1. The van der Waals surface area contributed by atoms with Crippen LogP contribution in [0, 0.1) is 0 Å². The molecule has 1 aromatic carbocycles. The number of benzene rings is 1. The molecule has 0 aliphatic carbocycles. The summed E-state index contributed by atoms with van der Waals surface area (Å²) in [6, 6.07) is 8.56. The minimum atomic E-state index is -0.633. The van der Waals surface area contributed by atoms with Crippen molar-refractivity contribution in [2.24, 2.45) is 5.16 Å². The highest BCUT2D eigenvalue weighted by Crippen LogP contribution is 2.31. The Morgan fingerprint density at radius 2 is 2.23 bits per heavy atom. The summed E-state index contributed by atoms with van der Waals surface area (Å²) in [7, 11) is 1.59. The molecule has 0 saturated carbocycles. The normalized spacial score (nSPS) is 18.5. The van der Waals surface area contributed by atoms with Crippen molar-refractivity contribution >= 4 is 11.7 Å². The Kier molecular flexibility index (Phi) is 3.82. The minimum Gasteiger partial charge on any atom is -0.497 e. The molecule has 114 valence electrons. The van der Waals surface area contributed by atoms with Gasteiger partial charge in [0.2, 0.25) is 5.76 Å². The van der Waals surface area contributed by atoms with Crippen molar-refractivity contribution in [2.45, 2.75) is 19.4 Å². The Hall–Kier alpha value is -2.76. The van der Waals surface area contributed by atoms with Crippen LogP contribution in [0.15, 0.2) is 46.2 Å². The number of oxime groups is 1. The summed E-state index contributed by atoms with van der Waals surface area (Å²) in [6.07, 6.45) is 1.88. The van der Waals surface area contributed by atoms with E-state index in [0.29, 0.717) is 23.6 Å². The third-order valence-corrected chi connectivity index (χ3v) is 3.27. The van der Waals surface area contributed by atoms with Gasteiger partial charge in [0.05, 0.1) is 19.1 Å². The highest BCUT2D eigenvalue weighted by Gasteiger charge is 2.24. The molecule has 0 saturated heterocycles. The summed E-state index contributed by atoms with van der Waals surface area (Å²) in [6.45, 7) is 1.92. The number of fused-ring (bicyclic) bond motifs is 1. The Morgan fingerprint density at radius 3 is 2.95 bits per heavy atom. The van der Waals surface area contributed by atoms with E-state index in [1.54, 1.807) is 19.2 Å². The van der Waals surface area contributed by atoms with E-state index < -0.39 is 5.97 Å². The van der Waals surface area contributed by atoms with Crippen LogP contribution in [0.5, 0.6) is 11.5 Å². The lowest BCUT2D eigenvalue weighted by Crippen LogP contribution is -2.25. The Labute approximate surface area is 127 Å². The maximum atomic E-state index is 11.8. The quantitative estimate of drug-likeness (QED) is 0.643. The van der Waals surface area contributed by atoms with Crippen LogP contribution < -0.4 is 9.47 Å². The number of carbonyl (C=O) groups is 1. The SMILES string of the molecule is COc1ccc2c(c1)OC(C)C/C2=N/OC(=O)c1ccco1. The van der Waals surface area contributed by atoms with Crippen LogP contribution in [0.4, 0.5) is 0 Å². The van der Waals surface area contributed by atoms with E-state index in [0.717, 1.165) is 5.56 Å². The summed E-state index contributed by atoms with van der Waals surface area (Å²) < 4.78 is 15.9. The van der Waals surface area contributed by atoms with Crippen LogP contribution in [-0.2, 0) is 4.84 Å². The van der Waals surface area contributed by atoms with Gasteiger partial charge in [-0.2, -0.15) is 0 Å².